The minimum atomic E-state index is 0.443. The lowest BCUT2D eigenvalue weighted by molar-refractivity contribution is 0.306. The Hall–Kier alpha value is -2.37. The quantitative estimate of drug-likeness (QED) is 0.866. The second-order valence-corrected chi connectivity index (χ2v) is 4.48. The Bertz CT molecular complexity index is 547. The molecule has 0 aliphatic carbocycles. The van der Waals surface area contributed by atoms with Crippen LogP contribution in [0.5, 0.6) is 5.88 Å². The highest BCUT2D eigenvalue weighted by atomic mass is 16.5. The molecule has 0 unspecified atom stereocenters. The van der Waals surface area contributed by atoms with Crippen molar-refractivity contribution in [1.82, 2.24) is 15.0 Å². The van der Waals surface area contributed by atoms with Gasteiger partial charge in [0.1, 0.15) is 12.0 Å². The minimum Gasteiger partial charge on any atom is -0.476 e. The molecule has 106 valence electrons. The molecule has 2 aromatic heterocycles. The molecule has 6 heteroatoms. The molecule has 0 atom stereocenters. The van der Waals surface area contributed by atoms with Crippen LogP contribution in [0.3, 0.4) is 0 Å². The van der Waals surface area contributed by atoms with E-state index in [1.807, 2.05) is 31.0 Å². The molecule has 0 aliphatic heterocycles. The Balaban J connectivity index is 2.15. The lowest BCUT2D eigenvalue weighted by Gasteiger charge is -2.20. The summed E-state index contributed by atoms with van der Waals surface area (Å²) < 4.78 is 5.51. The molecule has 0 aliphatic rings. The largest absolute Gasteiger partial charge is 0.476 e. The number of pyridine rings is 1. The maximum Gasteiger partial charge on any atom is 0.242 e. The van der Waals surface area contributed by atoms with E-state index < -0.39 is 0 Å². The number of nitrogens with two attached hydrogens (primary N) is 1. The van der Waals surface area contributed by atoms with Crippen molar-refractivity contribution in [3.8, 4) is 5.88 Å². The molecule has 0 saturated heterocycles. The molecule has 0 amide bonds. The van der Waals surface area contributed by atoms with Gasteiger partial charge in [-0.15, -0.1) is 0 Å². The van der Waals surface area contributed by atoms with E-state index in [0.717, 1.165) is 12.0 Å². The number of rotatable bonds is 6. The van der Waals surface area contributed by atoms with E-state index in [1.54, 1.807) is 12.4 Å². The van der Waals surface area contributed by atoms with Crippen LogP contribution in [0, 0.1) is 0 Å². The summed E-state index contributed by atoms with van der Waals surface area (Å²) in [6.45, 7) is 3.32. The summed E-state index contributed by atoms with van der Waals surface area (Å²) in [7, 11) is 1.93. The SMILES string of the molecule is CCCOc1ncnc(N(C)Cc2ccncc2)c1N. The number of ether oxygens (including phenoxy) is 1. The summed E-state index contributed by atoms with van der Waals surface area (Å²) in [6.07, 6.45) is 5.91. The number of anilines is 2. The van der Waals surface area contributed by atoms with Gasteiger partial charge in [-0.2, -0.15) is 4.98 Å². The van der Waals surface area contributed by atoms with Crippen molar-refractivity contribution in [2.75, 3.05) is 24.3 Å². The lowest BCUT2D eigenvalue weighted by Crippen LogP contribution is -2.20. The molecule has 0 radical (unpaired) electrons. The molecule has 0 bridgehead atoms. The van der Waals surface area contributed by atoms with Crippen molar-refractivity contribution in [3.63, 3.8) is 0 Å². The van der Waals surface area contributed by atoms with Crippen LogP contribution in [-0.2, 0) is 6.54 Å². The van der Waals surface area contributed by atoms with E-state index in [-0.39, 0.29) is 0 Å². The molecule has 2 heterocycles. The standard InChI is InChI=1S/C14H19N5O/c1-3-8-20-14-12(15)13(17-10-18-14)19(2)9-11-4-6-16-7-5-11/h4-7,10H,3,8-9,15H2,1-2H3. The van der Waals surface area contributed by atoms with Gasteiger partial charge in [-0.3, -0.25) is 4.98 Å². The van der Waals surface area contributed by atoms with Crippen LogP contribution in [0.4, 0.5) is 11.5 Å². The zero-order chi connectivity index (χ0) is 14.4. The van der Waals surface area contributed by atoms with Gasteiger partial charge in [-0.1, -0.05) is 6.92 Å². The van der Waals surface area contributed by atoms with Gasteiger partial charge in [0.2, 0.25) is 5.88 Å². The predicted octanol–water partition coefficient (Wildman–Crippen LogP) is 1.88. The minimum absolute atomic E-state index is 0.443. The van der Waals surface area contributed by atoms with Gasteiger partial charge in [0, 0.05) is 26.0 Å². The van der Waals surface area contributed by atoms with Crippen molar-refractivity contribution in [2.45, 2.75) is 19.9 Å². The number of nitrogens with zero attached hydrogens (tertiary/aromatic N) is 4. The van der Waals surface area contributed by atoms with Crippen LogP contribution in [0.25, 0.3) is 0 Å². The van der Waals surface area contributed by atoms with E-state index in [9.17, 15) is 0 Å². The third kappa shape index (κ3) is 3.34. The summed E-state index contributed by atoms with van der Waals surface area (Å²) in [4.78, 5) is 14.3. The van der Waals surface area contributed by atoms with Crippen LogP contribution in [-0.4, -0.2) is 28.6 Å². The van der Waals surface area contributed by atoms with Gasteiger partial charge in [-0.25, -0.2) is 4.98 Å². The molecular weight excluding hydrogens is 254 g/mol. The molecule has 0 fully saturated rings. The van der Waals surface area contributed by atoms with Gasteiger partial charge >= 0.3 is 0 Å². The summed E-state index contributed by atoms with van der Waals surface area (Å²) in [5, 5.41) is 0. The first-order valence-electron chi connectivity index (χ1n) is 6.55. The highest BCUT2D eigenvalue weighted by Gasteiger charge is 2.13. The average molecular weight is 273 g/mol. The first-order valence-corrected chi connectivity index (χ1v) is 6.55. The number of aromatic nitrogens is 3. The molecule has 2 N–H and O–H groups in total. The molecule has 6 nitrogen and oxygen atoms in total. The topological polar surface area (TPSA) is 77.2 Å². The van der Waals surface area contributed by atoms with Crippen molar-refractivity contribution >= 4 is 11.5 Å². The van der Waals surface area contributed by atoms with Gasteiger partial charge in [0.05, 0.1) is 6.61 Å². The number of hydrogen-bond acceptors (Lipinski definition) is 6. The fourth-order valence-electron chi connectivity index (χ4n) is 1.83. The Morgan fingerprint density at radius 1 is 1.25 bits per heavy atom. The van der Waals surface area contributed by atoms with Gasteiger partial charge in [0.25, 0.3) is 0 Å². The highest BCUT2D eigenvalue weighted by Crippen LogP contribution is 2.27. The molecule has 0 aromatic carbocycles. The third-order valence-electron chi connectivity index (χ3n) is 2.80. The molecule has 0 saturated carbocycles. The molecular formula is C14H19N5O. The van der Waals surface area contributed by atoms with Crippen molar-refractivity contribution in [1.29, 1.82) is 0 Å². The van der Waals surface area contributed by atoms with Crippen LogP contribution in [0.15, 0.2) is 30.9 Å². The first-order chi connectivity index (χ1) is 9.72. The van der Waals surface area contributed by atoms with Crippen LogP contribution in [0.2, 0.25) is 0 Å². The van der Waals surface area contributed by atoms with E-state index in [2.05, 4.69) is 15.0 Å². The second kappa shape index (κ2) is 6.70. The van der Waals surface area contributed by atoms with Crippen LogP contribution in [0.1, 0.15) is 18.9 Å². The highest BCUT2D eigenvalue weighted by molar-refractivity contribution is 5.67. The molecule has 20 heavy (non-hydrogen) atoms. The molecule has 2 rings (SSSR count). The predicted molar refractivity (Wildman–Crippen MR) is 78.6 cm³/mol. The Morgan fingerprint density at radius 3 is 2.70 bits per heavy atom. The van der Waals surface area contributed by atoms with Crippen LogP contribution >= 0.6 is 0 Å². The monoisotopic (exact) mass is 273 g/mol. The van der Waals surface area contributed by atoms with E-state index in [0.29, 0.717) is 30.5 Å². The second-order valence-electron chi connectivity index (χ2n) is 4.48. The zero-order valence-corrected chi connectivity index (χ0v) is 11.8. The lowest BCUT2D eigenvalue weighted by atomic mass is 10.2. The first kappa shape index (κ1) is 14.0. The van der Waals surface area contributed by atoms with Gasteiger partial charge < -0.3 is 15.4 Å². The van der Waals surface area contributed by atoms with Crippen molar-refractivity contribution < 1.29 is 4.74 Å². The van der Waals surface area contributed by atoms with E-state index in [4.69, 9.17) is 10.5 Å². The fraction of sp³-hybridized carbons (Fsp3) is 0.357. The maximum absolute atomic E-state index is 6.07. The van der Waals surface area contributed by atoms with Crippen molar-refractivity contribution in [3.05, 3.63) is 36.4 Å². The Labute approximate surface area is 118 Å². The molecule has 0 spiro atoms. The summed E-state index contributed by atoms with van der Waals surface area (Å²) in [5.41, 5.74) is 7.68. The summed E-state index contributed by atoms with van der Waals surface area (Å²) in [5.74, 6) is 1.11. The number of nitrogen functional groups attached to an aromatic ring is 1. The average Bonchev–Trinajstić information content (AvgIpc) is 2.47. The van der Waals surface area contributed by atoms with E-state index in [1.165, 1.54) is 6.33 Å². The summed E-state index contributed by atoms with van der Waals surface area (Å²) in [6, 6.07) is 3.92. The Morgan fingerprint density at radius 2 is 2.00 bits per heavy atom. The maximum atomic E-state index is 6.07. The van der Waals surface area contributed by atoms with Gasteiger partial charge in [-0.05, 0) is 24.1 Å². The zero-order valence-electron chi connectivity index (χ0n) is 11.8. The Kier molecular flexibility index (Phi) is 4.70. The number of hydrogen-bond donors (Lipinski definition) is 1. The smallest absolute Gasteiger partial charge is 0.242 e. The van der Waals surface area contributed by atoms with Crippen molar-refractivity contribution in [2.24, 2.45) is 0 Å². The normalized spacial score (nSPS) is 10.3. The van der Waals surface area contributed by atoms with E-state index >= 15 is 0 Å². The third-order valence-corrected chi connectivity index (χ3v) is 2.80. The van der Waals surface area contributed by atoms with Gasteiger partial charge in [0.15, 0.2) is 5.82 Å². The summed E-state index contributed by atoms with van der Waals surface area (Å²) >= 11 is 0. The fourth-order valence-corrected chi connectivity index (χ4v) is 1.83. The molecule has 2 aromatic rings. The van der Waals surface area contributed by atoms with Crippen LogP contribution < -0.4 is 15.4 Å².